The normalized spacial score (nSPS) is 12.7. The minimum atomic E-state index is 0.0762. The SMILES string of the molecule is CCN(CC(=O)N(C)C)C(C)CC(C)=O. The highest BCUT2D eigenvalue weighted by Crippen LogP contribution is 2.04. The molecule has 0 fully saturated rings. The second-order valence-corrected chi connectivity index (χ2v) is 4.11. The Kier molecular flexibility index (Phi) is 6.17. The highest BCUT2D eigenvalue weighted by atomic mass is 16.2. The summed E-state index contributed by atoms with van der Waals surface area (Å²) >= 11 is 0. The summed E-state index contributed by atoms with van der Waals surface area (Å²) in [5.41, 5.74) is 0. The van der Waals surface area contributed by atoms with Crippen molar-refractivity contribution in [3.63, 3.8) is 0 Å². The molecule has 0 bridgehead atoms. The Morgan fingerprint density at radius 3 is 2.13 bits per heavy atom. The molecule has 1 unspecified atom stereocenters. The molecular weight excluding hydrogens is 192 g/mol. The molecule has 0 aliphatic rings. The van der Waals surface area contributed by atoms with Crippen LogP contribution in [-0.4, -0.2) is 54.7 Å². The van der Waals surface area contributed by atoms with E-state index < -0.39 is 0 Å². The molecule has 1 atom stereocenters. The Labute approximate surface area is 92.2 Å². The van der Waals surface area contributed by atoms with Gasteiger partial charge in [-0.1, -0.05) is 6.92 Å². The zero-order valence-corrected chi connectivity index (χ0v) is 10.4. The zero-order valence-electron chi connectivity index (χ0n) is 10.4. The van der Waals surface area contributed by atoms with Crippen molar-refractivity contribution in [1.82, 2.24) is 9.80 Å². The van der Waals surface area contributed by atoms with Gasteiger partial charge in [-0.25, -0.2) is 0 Å². The maximum atomic E-state index is 11.5. The van der Waals surface area contributed by atoms with Gasteiger partial charge in [-0.3, -0.25) is 14.5 Å². The van der Waals surface area contributed by atoms with Crippen LogP contribution in [0.5, 0.6) is 0 Å². The number of Topliss-reactive ketones (excluding diaryl/α,β-unsaturated/α-hetero) is 1. The van der Waals surface area contributed by atoms with Gasteiger partial charge >= 0.3 is 0 Å². The van der Waals surface area contributed by atoms with Crippen LogP contribution in [0.2, 0.25) is 0 Å². The third kappa shape index (κ3) is 5.52. The molecule has 0 rings (SSSR count). The Morgan fingerprint density at radius 1 is 1.27 bits per heavy atom. The van der Waals surface area contributed by atoms with Crippen LogP contribution in [0.25, 0.3) is 0 Å². The third-order valence-electron chi connectivity index (χ3n) is 2.45. The molecule has 0 heterocycles. The van der Waals surface area contributed by atoms with E-state index in [0.717, 1.165) is 6.54 Å². The average molecular weight is 214 g/mol. The second-order valence-electron chi connectivity index (χ2n) is 4.11. The lowest BCUT2D eigenvalue weighted by Crippen LogP contribution is -2.42. The van der Waals surface area contributed by atoms with E-state index in [1.54, 1.807) is 25.9 Å². The quantitative estimate of drug-likeness (QED) is 0.655. The van der Waals surface area contributed by atoms with E-state index in [0.29, 0.717) is 13.0 Å². The fourth-order valence-electron chi connectivity index (χ4n) is 1.44. The lowest BCUT2D eigenvalue weighted by molar-refractivity contribution is -0.131. The maximum absolute atomic E-state index is 11.5. The van der Waals surface area contributed by atoms with Crippen molar-refractivity contribution in [2.24, 2.45) is 0 Å². The molecule has 1 amide bonds. The van der Waals surface area contributed by atoms with Crippen molar-refractivity contribution in [1.29, 1.82) is 0 Å². The van der Waals surface area contributed by atoms with Crippen LogP contribution in [0.1, 0.15) is 27.2 Å². The fraction of sp³-hybridized carbons (Fsp3) is 0.818. The van der Waals surface area contributed by atoms with Crippen molar-refractivity contribution >= 4 is 11.7 Å². The van der Waals surface area contributed by atoms with Crippen LogP contribution in [0, 0.1) is 0 Å². The van der Waals surface area contributed by atoms with Crippen LogP contribution in [-0.2, 0) is 9.59 Å². The van der Waals surface area contributed by atoms with E-state index in [4.69, 9.17) is 0 Å². The van der Waals surface area contributed by atoms with Gasteiger partial charge in [-0.05, 0) is 20.4 Å². The predicted octanol–water partition coefficient (Wildman–Crippen LogP) is 0.764. The van der Waals surface area contributed by atoms with E-state index in [9.17, 15) is 9.59 Å². The van der Waals surface area contributed by atoms with Crippen LogP contribution in [0.3, 0.4) is 0 Å². The molecule has 4 nitrogen and oxygen atoms in total. The number of amides is 1. The molecule has 0 saturated heterocycles. The largest absolute Gasteiger partial charge is 0.348 e. The Hall–Kier alpha value is -0.900. The van der Waals surface area contributed by atoms with Crippen LogP contribution in [0.15, 0.2) is 0 Å². The summed E-state index contributed by atoms with van der Waals surface area (Å²) in [6, 6.07) is 0.136. The van der Waals surface area contributed by atoms with Crippen LogP contribution < -0.4 is 0 Å². The summed E-state index contributed by atoms with van der Waals surface area (Å²) < 4.78 is 0. The summed E-state index contributed by atoms with van der Waals surface area (Å²) in [7, 11) is 3.48. The van der Waals surface area contributed by atoms with E-state index in [1.165, 1.54) is 0 Å². The van der Waals surface area contributed by atoms with Gasteiger partial charge < -0.3 is 4.90 Å². The molecule has 0 aliphatic heterocycles. The molecule has 0 aromatic carbocycles. The highest BCUT2D eigenvalue weighted by Gasteiger charge is 2.17. The first kappa shape index (κ1) is 14.1. The topological polar surface area (TPSA) is 40.6 Å². The molecule has 15 heavy (non-hydrogen) atoms. The third-order valence-corrected chi connectivity index (χ3v) is 2.45. The zero-order chi connectivity index (χ0) is 12.0. The van der Waals surface area contributed by atoms with Gasteiger partial charge in [0, 0.05) is 26.6 Å². The summed E-state index contributed by atoms with van der Waals surface area (Å²) in [5, 5.41) is 0. The summed E-state index contributed by atoms with van der Waals surface area (Å²) in [6.07, 6.45) is 0.508. The molecule has 0 N–H and O–H groups in total. The van der Waals surface area contributed by atoms with Crippen molar-refractivity contribution in [2.75, 3.05) is 27.2 Å². The minimum absolute atomic E-state index is 0.0762. The number of rotatable bonds is 6. The summed E-state index contributed by atoms with van der Waals surface area (Å²) in [6.45, 7) is 6.73. The molecule has 0 aliphatic carbocycles. The standard InChI is InChI=1S/C11H22N2O2/c1-6-13(8-11(15)12(4)5)9(2)7-10(3)14/h9H,6-8H2,1-5H3. The number of nitrogens with zero attached hydrogens (tertiary/aromatic N) is 2. The molecule has 0 radical (unpaired) electrons. The Balaban J connectivity index is 4.23. The van der Waals surface area contributed by atoms with Crippen molar-refractivity contribution in [2.45, 2.75) is 33.2 Å². The molecule has 88 valence electrons. The van der Waals surface area contributed by atoms with Gasteiger partial charge in [-0.15, -0.1) is 0 Å². The van der Waals surface area contributed by atoms with E-state index in [1.807, 2.05) is 18.7 Å². The molecule has 0 saturated carbocycles. The van der Waals surface area contributed by atoms with Gasteiger partial charge in [0.15, 0.2) is 0 Å². The first-order chi connectivity index (χ1) is 6.88. The van der Waals surface area contributed by atoms with Gasteiger partial charge in [-0.2, -0.15) is 0 Å². The minimum Gasteiger partial charge on any atom is -0.348 e. The monoisotopic (exact) mass is 214 g/mol. The number of hydrogen-bond acceptors (Lipinski definition) is 3. The van der Waals surface area contributed by atoms with E-state index in [-0.39, 0.29) is 17.7 Å². The summed E-state index contributed by atoms with van der Waals surface area (Å²) in [5.74, 6) is 0.241. The summed E-state index contributed by atoms with van der Waals surface area (Å²) in [4.78, 5) is 26.1. The van der Waals surface area contributed by atoms with E-state index in [2.05, 4.69) is 0 Å². The highest BCUT2D eigenvalue weighted by molar-refractivity contribution is 5.78. The maximum Gasteiger partial charge on any atom is 0.236 e. The number of ketones is 1. The molecule has 0 aromatic rings. The lowest BCUT2D eigenvalue weighted by Gasteiger charge is -2.27. The predicted molar refractivity (Wildman–Crippen MR) is 60.7 cm³/mol. The Morgan fingerprint density at radius 2 is 1.80 bits per heavy atom. The van der Waals surface area contributed by atoms with Crippen LogP contribution in [0.4, 0.5) is 0 Å². The number of carbonyl (C=O) groups excluding carboxylic acids is 2. The van der Waals surface area contributed by atoms with E-state index >= 15 is 0 Å². The van der Waals surface area contributed by atoms with Gasteiger partial charge in [0.05, 0.1) is 6.54 Å². The molecule has 4 heteroatoms. The molecule has 0 spiro atoms. The number of carbonyl (C=O) groups is 2. The van der Waals surface area contributed by atoms with Gasteiger partial charge in [0.1, 0.15) is 5.78 Å². The fourth-order valence-corrected chi connectivity index (χ4v) is 1.44. The smallest absolute Gasteiger partial charge is 0.236 e. The van der Waals surface area contributed by atoms with Gasteiger partial charge in [0.25, 0.3) is 0 Å². The Bertz CT molecular complexity index is 227. The molecular formula is C11H22N2O2. The van der Waals surface area contributed by atoms with Crippen molar-refractivity contribution in [3.05, 3.63) is 0 Å². The van der Waals surface area contributed by atoms with Crippen molar-refractivity contribution in [3.8, 4) is 0 Å². The average Bonchev–Trinajstić information content (AvgIpc) is 2.11. The second kappa shape index (κ2) is 6.56. The van der Waals surface area contributed by atoms with Crippen LogP contribution >= 0.6 is 0 Å². The first-order valence-electron chi connectivity index (χ1n) is 5.32. The first-order valence-corrected chi connectivity index (χ1v) is 5.32. The van der Waals surface area contributed by atoms with Gasteiger partial charge in [0.2, 0.25) is 5.91 Å². The van der Waals surface area contributed by atoms with Crippen molar-refractivity contribution < 1.29 is 9.59 Å². The number of hydrogen-bond donors (Lipinski definition) is 0. The molecule has 0 aromatic heterocycles. The lowest BCUT2D eigenvalue weighted by atomic mass is 10.1. The number of likely N-dealkylation sites (N-methyl/N-ethyl adjacent to an activating group) is 2.